The molecular weight excluding hydrogens is 338 g/mol. The van der Waals surface area contributed by atoms with Crippen LogP contribution in [-0.4, -0.2) is 27.5 Å². The Balaban J connectivity index is 1.81. The normalized spacial score (nSPS) is 15.0. The van der Waals surface area contributed by atoms with Crippen LogP contribution in [-0.2, 0) is 10.0 Å². The summed E-state index contributed by atoms with van der Waals surface area (Å²) in [6, 6.07) is 12.0. The van der Waals surface area contributed by atoms with Crippen molar-refractivity contribution in [2.24, 2.45) is 0 Å². The molecular formula is C18H21N3O3S. The summed E-state index contributed by atoms with van der Waals surface area (Å²) in [5.41, 5.74) is 2.78. The molecule has 132 valence electrons. The molecule has 1 aliphatic rings. The molecule has 0 saturated carbocycles. The molecule has 0 atom stereocenters. The van der Waals surface area contributed by atoms with E-state index in [0.717, 1.165) is 17.7 Å². The van der Waals surface area contributed by atoms with Gasteiger partial charge in [-0.3, -0.25) is 9.62 Å². The van der Waals surface area contributed by atoms with Crippen LogP contribution < -0.4 is 14.9 Å². The second-order valence-corrected chi connectivity index (χ2v) is 7.81. The number of nitrogens with one attached hydrogen (secondary N) is 2. The maximum absolute atomic E-state index is 12.6. The standard InChI is InChI=1S/C18H21N3O3S/c1-13-4-5-14(2)17(12-13)25(23,24)20-15-6-8-16(9-7-15)21-11-3-10-19-18(21)22/h4-9,12,20H,3,10-11H2,1-2H3,(H,19,22). The molecule has 1 heterocycles. The lowest BCUT2D eigenvalue weighted by Gasteiger charge is -2.27. The Morgan fingerprint density at radius 1 is 1.08 bits per heavy atom. The minimum atomic E-state index is -3.66. The second kappa shape index (κ2) is 6.76. The summed E-state index contributed by atoms with van der Waals surface area (Å²) >= 11 is 0. The van der Waals surface area contributed by atoms with Crippen LogP contribution >= 0.6 is 0 Å². The molecule has 6 nitrogen and oxygen atoms in total. The van der Waals surface area contributed by atoms with Gasteiger partial charge in [0, 0.05) is 24.5 Å². The highest BCUT2D eigenvalue weighted by Gasteiger charge is 2.20. The van der Waals surface area contributed by atoms with E-state index in [-0.39, 0.29) is 10.9 Å². The predicted octanol–water partition coefficient (Wildman–Crippen LogP) is 3.02. The van der Waals surface area contributed by atoms with E-state index in [0.29, 0.717) is 24.3 Å². The lowest BCUT2D eigenvalue weighted by atomic mass is 10.2. The lowest BCUT2D eigenvalue weighted by molar-refractivity contribution is 0.243. The van der Waals surface area contributed by atoms with Gasteiger partial charge in [0.2, 0.25) is 0 Å². The summed E-state index contributed by atoms with van der Waals surface area (Å²) in [6.45, 7) is 4.96. The van der Waals surface area contributed by atoms with Crippen molar-refractivity contribution < 1.29 is 13.2 Å². The fourth-order valence-electron chi connectivity index (χ4n) is 2.79. The van der Waals surface area contributed by atoms with Crippen LogP contribution in [0.2, 0.25) is 0 Å². The van der Waals surface area contributed by atoms with E-state index in [1.165, 1.54) is 0 Å². The van der Waals surface area contributed by atoms with E-state index in [1.807, 2.05) is 13.0 Å². The van der Waals surface area contributed by atoms with E-state index in [1.54, 1.807) is 48.2 Å². The molecule has 1 saturated heterocycles. The molecule has 0 radical (unpaired) electrons. The molecule has 2 aromatic carbocycles. The number of sulfonamides is 1. The molecule has 0 aromatic heterocycles. The third-order valence-electron chi connectivity index (χ3n) is 4.14. The predicted molar refractivity (Wildman–Crippen MR) is 98.5 cm³/mol. The quantitative estimate of drug-likeness (QED) is 0.881. The van der Waals surface area contributed by atoms with Crippen LogP contribution in [0.1, 0.15) is 17.5 Å². The van der Waals surface area contributed by atoms with Crippen LogP contribution in [0, 0.1) is 13.8 Å². The van der Waals surface area contributed by atoms with Crippen LogP contribution in [0.25, 0.3) is 0 Å². The zero-order valence-corrected chi connectivity index (χ0v) is 15.1. The van der Waals surface area contributed by atoms with Crippen molar-refractivity contribution in [2.45, 2.75) is 25.2 Å². The van der Waals surface area contributed by atoms with Gasteiger partial charge in [-0.2, -0.15) is 0 Å². The lowest BCUT2D eigenvalue weighted by Crippen LogP contribution is -2.46. The van der Waals surface area contributed by atoms with Gasteiger partial charge in [-0.15, -0.1) is 0 Å². The van der Waals surface area contributed by atoms with Crippen molar-refractivity contribution >= 4 is 27.4 Å². The Labute approximate surface area is 147 Å². The third kappa shape index (κ3) is 3.76. The van der Waals surface area contributed by atoms with Crippen LogP contribution in [0.15, 0.2) is 47.4 Å². The van der Waals surface area contributed by atoms with Gasteiger partial charge < -0.3 is 5.32 Å². The number of anilines is 2. The molecule has 1 fully saturated rings. The molecule has 2 aromatic rings. The third-order valence-corrected chi connectivity index (χ3v) is 5.67. The molecule has 0 bridgehead atoms. The summed E-state index contributed by atoms with van der Waals surface area (Å²) < 4.78 is 27.9. The minimum Gasteiger partial charge on any atom is -0.338 e. The number of benzene rings is 2. The van der Waals surface area contributed by atoms with E-state index in [9.17, 15) is 13.2 Å². The van der Waals surface area contributed by atoms with Crippen molar-refractivity contribution in [1.82, 2.24) is 5.32 Å². The van der Waals surface area contributed by atoms with Gasteiger partial charge in [0.15, 0.2) is 0 Å². The highest BCUT2D eigenvalue weighted by molar-refractivity contribution is 7.92. The van der Waals surface area contributed by atoms with Gasteiger partial charge in [-0.1, -0.05) is 12.1 Å². The molecule has 0 spiro atoms. The number of carbonyl (C=O) groups excluding carboxylic acids is 1. The Hall–Kier alpha value is -2.54. The summed E-state index contributed by atoms with van der Waals surface area (Å²) in [5, 5.41) is 2.79. The summed E-state index contributed by atoms with van der Waals surface area (Å²) in [4.78, 5) is 13.8. The average Bonchev–Trinajstić information content (AvgIpc) is 2.58. The number of rotatable bonds is 4. The number of carbonyl (C=O) groups is 1. The molecule has 7 heteroatoms. The smallest absolute Gasteiger partial charge is 0.321 e. The van der Waals surface area contributed by atoms with Crippen molar-refractivity contribution in [2.75, 3.05) is 22.7 Å². The van der Waals surface area contributed by atoms with E-state index in [2.05, 4.69) is 10.0 Å². The Morgan fingerprint density at radius 3 is 2.48 bits per heavy atom. The molecule has 0 unspecified atom stereocenters. The Bertz CT molecular complexity index is 892. The minimum absolute atomic E-state index is 0.130. The topological polar surface area (TPSA) is 78.5 Å². The van der Waals surface area contributed by atoms with Crippen LogP contribution in [0.5, 0.6) is 0 Å². The van der Waals surface area contributed by atoms with E-state index >= 15 is 0 Å². The summed E-state index contributed by atoms with van der Waals surface area (Å²) in [7, 11) is -3.66. The molecule has 25 heavy (non-hydrogen) atoms. The van der Waals surface area contributed by atoms with Crippen molar-refractivity contribution in [3.05, 3.63) is 53.6 Å². The van der Waals surface area contributed by atoms with Gasteiger partial charge in [0.25, 0.3) is 10.0 Å². The zero-order chi connectivity index (χ0) is 18.0. The van der Waals surface area contributed by atoms with Gasteiger partial charge in [-0.05, 0) is 61.7 Å². The van der Waals surface area contributed by atoms with Crippen LogP contribution in [0.4, 0.5) is 16.2 Å². The fraction of sp³-hybridized carbons (Fsp3) is 0.278. The second-order valence-electron chi connectivity index (χ2n) is 6.16. The summed E-state index contributed by atoms with van der Waals surface area (Å²) in [5.74, 6) is 0. The monoisotopic (exact) mass is 359 g/mol. The number of aryl methyl sites for hydroxylation is 2. The van der Waals surface area contributed by atoms with E-state index in [4.69, 9.17) is 0 Å². The molecule has 1 aliphatic heterocycles. The van der Waals surface area contributed by atoms with Gasteiger partial charge in [0.05, 0.1) is 4.90 Å². The molecule has 3 rings (SSSR count). The molecule has 2 N–H and O–H groups in total. The highest BCUT2D eigenvalue weighted by Crippen LogP contribution is 2.23. The first-order chi connectivity index (χ1) is 11.9. The number of nitrogens with zero attached hydrogens (tertiary/aromatic N) is 1. The van der Waals surface area contributed by atoms with Crippen LogP contribution in [0.3, 0.4) is 0 Å². The maximum atomic E-state index is 12.6. The molecule has 2 amide bonds. The maximum Gasteiger partial charge on any atom is 0.321 e. The first-order valence-electron chi connectivity index (χ1n) is 8.12. The SMILES string of the molecule is Cc1ccc(C)c(S(=O)(=O)Nc2ccc(N3CCCNC3=O)cc2)c1. The average molecular weight is 359 g/mol. The fourth-order valence-corrected chi connectivity index (χ4v) is 4.18. The zero-order valence-electron chi connectivity index (χ0n) is 14.2. The number of hydrogen-bond donors (Lipinski definition) is 2. The largest absolute Gasteiger partial charge is 0.338 e. The number of urea groups is 1. The van der Waals surface area contributed by atoms with Gasteiger partial charge in [-0.25, -0.2) is 13.2 Å². The Morgan fingerprint density at radius 2 is 1.80 bits per heavy atom. The van der Waals surface area contributed by atoms with Crippen molar-refractivity contribution in [3.63, 3.8) is 0 Å². The number of hydrogen-bond acceptors (Lipinski definition) is 3. The molecule has 0 aliphatic carbocycles. The van der Waals surface area contributed by atoms with Gasteiger partial charge in [0.1, 0.15) is 0 Å². The number of amides is 2. The highest BCUT2D eigenvalue weighted by atomic mass is 32.2. The van der Waals surface area contributed by atoms with Crippen molar-refractivity contribution in [3.8, 4) is 0 Å². The van der Waals surface area contributed by atoms with Gasteiger partial charge >= 0.3 is 6.03 Å². The first kappa shape index (κ1) is 17.3. The summed E-state index contributed by atoms with van der Waals surface area (Å²) in [6.07, 6.45) is 0.882. The van der Waals surface area contributed by atoms with Crippen molar-refractivity contribution in [1.29, 1.82) is 0 Å². The Kier molecular flexibility index (Phi) is 4.67. The first-order valence-corrected chi connectivity index (χ1v) is 9.61. The van der Waals surface area contributed by atoms with E-state index < -0.39 is 10.0 Å².